The van der Waals surface area contributed by atoms with Gasteiger partial charge in [0, 0.05) is 5.41 Å². The Bertz CT molecular complexity index is 236. The molecule has 1 spiro atoms. The molecule has 12 heavy (non-hydrogen) atoms. The third-order valence-corrected chi connectivity index (χ3v) is 3.18. The minimum absolute atomic E-state index is 0.0304. The first-order valence-electron chi connectivity index (χ1n) is 4.05. The number of rotatable bonds is 1. The number of hydrogen-bond donors (Lipinski definition) is 0. The summed E-state index contributed by atoms with van der Waals surface area (Å²) >= 11 is 0. The molecule has 2 aliphatic rings. The van der Waals surface area contributed by atoms with Gasteiger partial charge in [0.2, 0.25) is 0 Å². The Labute approximate surface area is 71.3 Å². The van der Waals surface area contributed by atoms with Crippen molar-refractivity contribution < 1.29 is 14.3 Å². The Balaban J connectivity index is 2.08. The Kier molecular flexibility index (Phi) is 1.29. The molecule has 1 unspecified atom stereocenters. The molecule has 66 valence electrons. The maximum Gasteiger partial charge on any atom is 0.508 e. The van der Waals surface area contributed by atoms with Gasteiger partial charge >= 0.3 is 6.16 Å². The average molecular weight is 168 g/mol. The van der Waals surface area contributed by atoms with Gasteiger partial charge in [-0.25, -0.2) is 4.79 Å². The van der Waals surface area contributed by atoms with Crippen LogP contribution in [0, 0.1) is 10.8 Å². The highest BCUT2D eigenvalue weighted by atomic mass is 16.7. The summed E-state index contributed by atoms with van der Waals surface area (Å²) < 4.78 is 9.69. The number of ether oxygens (including phenoxy) is 2. The summed E-state index contributed by atoms with van der Waals surface area (Å²) in [6.45, 7) is 6.84. The molecule has 0 amide bonds. The van der Waals surface area contributed by atoms with Crippen LogP contribution in [0.1, 0.15) is 13.3 Å². The van der Waals surface area contributed by atoms with Gasteiger partial charge in [-0.05, 0) is 11.8 Å². The molecule has 0 aromatic carbocycles. The lowest BCUT2D eigenvalue weighted by Crippen LogP contribution is -2.32. The molecule has 0 bridgehead atoms. The summed E-state index contributed by atoms with van der Waals surface area (Å²) in [5, 5.41) is 0. The van der Waals surface area contributed by atoms with E-state index in [0.29, 0.717) is 13.2 Å². The first kappa shape index (κ1) is 7.65. The van der Waals surface area contributed by atoms with Crippen LogP contribution in [-0.4, -0.2) is 19.4 Å². The predicted octanol–water partition coefficient (Wildman–Crippen LogP) is 1.74. The quantitative estimate of drug-likeness (QED) is 0.442. The molecule has 0 aromatic heterocycles. The van der Waals surface area contributed by atoms with E-state index in [1.165, 1.54) is 0 Å². The van der Waals surface area contributed by atoms with E-state index >= 15 is 0 Å². The minimum Gasteiger partial charge on any atom is -0.434 e. The Hall–Kier alpha value is -0.990. The van der Waals surface area contributed by atoms with Crippen LogP contribution in [0.5, 0.6) is 0 Å². The van der Waals surface area contributed by atoms with Gasteiger partial charge in [0.15, 0.2) is 0 Å². The highest BCUT2D eigenvalue weighted by Crippen LogP contribution is 2.65. The van der Waals surface area contributed by atoms with E-state index in [1.807, 2.05) is 6.08 Å². The van der Waals surface area contributed by atoms with Gasteiger partial charge in [0.05, 0.1) is 0 Å². The van der Waals surface area contributed by atoms with Gasteiger partial charge in [-0.2, -0.15) is 0 Å². The van der Waals surface area contributed by atoms with Crippen LogP contribution in [0.25, 0.3) is 0 Å². The molecule has 1 aliphatic carbocycles. The van der Waals surface area contributed by atoms with Gasteiger partial charge in [0.1, 0.15) is 13.2 Å². The molecule has 2 rings (SSSR count). The Morgan fingerprint density at radius 3 is 2.50 bits per heavy atom. The summed E-state index contributed by atoms with van der Waals surface area (Å²) in [4.78, 5) is 10.6. The lowest BCUT2D eigenvalue weighted by atomic mass is 9.95. The molecule has 1 atom stereocenters. The molecule has 1 saturated heterocycles. The summed E-state index contributed by atoms with van der Waals surface area (Å²) in [6, 6.07) is 0. The minimum atomic E-state index is -0.543. The number of cyclic esters (lactones) is 2. The molecule has 1 heterocycles. The van der Waals surface area contributed by atoms with Crippen molar-refractivity contribution in [2.75, 3.05) is 13.2 Å². The van der Waals surface area contributed by atoms with Crippen molar-refractivity contribution in [1.82, 2.24) is 0 Å². The van der Waals surface area contributed by atoms with Crippen LogP contribution in [0.2, 0.25) is 0 Å². The van der Waals surface area contributed by atoms with Crippen LogP contribution < -0.4 is 0 Å². The van der Waals surface area contributed by atoms with Gasteiger partial charge in [-0.1, -0.05) is 13.0 Å². The van der Waals surface area contributed by atoms with Crippen molar-refractivity contribution in [3.05, 3.63) is 12.7 Å². The second-order valence-electron chi connectivity index (χ2n) is 3.91. The molecule has 3 nitrogen and oxygen atoms in total. The molecule has 3 heteroatoms. The standard InChI is InChI=1S/C9H12O3/c1-3-8(2)4-9(8)5-11-7(10)12-6-9/h3H,1,4-6H2,2H3. The zero-order valence-corrected chi connectivity index (χ0v) is 7.13. The maximum atomic E-state index is 10.6. The van der Waals surface area contributed by atoms with E-state index < -0.39 is 6.16 Å². The second-order valence-corrected chi connectivity index (χ2v) is 3.91. The van der Waals surface area contributed by atoms with Crippen molar-refractivity contribution in [2.24, 2.45) is 10.8 Å². The first-order valence-corrected chi connectivity index (χ1v) is 4.05. The SMILES string of the molecule is C=CC1(C)CC12COC(=O)OC2. The average Bonchev–Trinajstić information content (AvgIpc) is 2.65. The van der Waals surface area contributed by atoms with Gasteiger partial charge < -0.3 is 9.47 Å². The highest BCUT2D eigenvalue weighted by molar-refractivity contribution is 5.61. The van der Waals surface area contributed by atoms with E-state index in [0.717, 1.165) is 6.42 Å². The van der Waals surface area contributed by atoms with Crippen molar-refractivity contribution in [1.29, 1.82) is 0 Å². The predicted molar refractivity (Wildman–Crippen MR) is 42.7 cm³/mol. The van der Waals surface area contributed by atoms with Crippen LogP contribution >= 0.6 is 0 Å². The number of allylic oxidation sites excluding steroid dienone is 1. The number of hydrogen-bond acceptors (Lipinski definition) is 3. The third kappa shape index (κ3) is 0.792. The van der Waals surface area contributed by atoms with Crippen molar-refractivity contribution in [2.45, 2.75) is 13.3 Å². The number of carbonyl (C=O) groups excluding carboxylic acids is 1. The fraction of sp³-hybridized carbons (Fsp3) is 0.667. The van der Waals surface area contributed by atoms with E-state index in [-0.39, 0.29) is 10.8 Å². The topological polar surface area (TPSA) is 35.5 Å². The number of carbonyl (C=O) groups is 1. The Morgan fingerprint density at radius 1 is 1.50 bits per heavy atom. The maximum absolute atomic E-state index is 10.6. The van der Waals surface area contributed by atoms with E-state index in [9.17, 15) is 4.79 Å². The second kappa shape index (κ2) is 2.03. The lowest BCUT2D eigenvalue weighted by molar-refractivity contribution is -0.0300. The fourth-order valence-electron chi connectivity index (χ4n) is 1.86. The van der Waals surface area contributed by atoms with Crippen molar-refractivity contribution >= 4 is 6.16 Å². The zero-order chi connectivity index (χ0) is 8.82. The van der Waals surface area contributed by atoms with Crippen LogP contribution in [-0.2, 0) is 9.47 Å². The van der Waals surface area contributed by atoms with Gasteiger partial charge in [-0.3, -0.25) is 0 Å². The molecule has 0 radical (unpaired) electrons. The molecule has 0 aromatic rings. The summed E-state index contributed by atoms with van der Waals surface area (Å²) in [6.07, 6.45) is 2.39. The third-order valence-electron chi connectivity index (χ3n) is 3.18. The van der Waals surface area contributed by atoms with Crippen molar-refractivity contribution in [3.8, 4) is 0 Å². The van der Waals surface area contributed by atoms with E-state index in [1.54, 1.807) is 0 Å². The molecule has 2 fully saturated rings. The highest BCUT2D eigenvalue weighted by Gasteiger charge is 2.65. The Morgan fingerprint density at radius 2 is 2.08 bits per heavy atom. The molecular weight excluding hydrogens is 156 g/mol. The zero-order valence-electron chi connectivity index (χ0n) is 7.13. The monoisotopic (exact) mass is 168 g/mol. The van der Waals surface area contributed by atoms with E-state index in [4.69, 9.17) is 9.47 Å². The summed E-state index contributed by atoms with van der Waals surface area (Å²) in [7, 11) is 0. The fourth-order valence-corrected chi connectivity index (χ4v) is 1.86. The molecule has 0 N–H and O–H groups in total. The molecular formula is C9H12O3. The largest absolute Gasteiger partial charge is 0.508 e. The summed E-state index contributed by atoms with van der Waals surface area (Å²) in [5.41, 5.74) is 0.135. The lowest BCUT2D eigenvalue weighted by Gasteiger charge is -2.24. The molecule has 1 aliphatic heterocycles. The smallest absolute Gasteiger partial charge is 0.434 e. The van der Waals surface area contributed by atoms with Crippen molar-refractivity contribution in [3.63, 3.8) is 0 Å². The normalized spacial score (nSPS) is 36.9. The van der Waals surface area contributed by atoms with Gasteiger partial charge in [0.25, 0.3) is 0 Å². The van der Waals surface area contributed by atoms with E-state index in [2.05, 4.69) is 13.5 Å². The first-order chi connectivity index (χ1) is 5.62. The van der Waals surface area contributed by atoms with Crippen LogP contribution in [0.3, 0.4) is 0 Å². The van der Waals surface area contributed by atoms with Crippen LogP contribution in [0.15, 0.2) is 12.7 Å². The van der Waals surface area contributed by atoms with Crippen LogP contribution in [0.4, 0.5) is 4.79 Å². The van der Waals surface area contributed by atoms with Gasteiger partial charge in [-0.15, -0.1) is 6.58 Å². The molecule has 1 saturated carbocycles. The summed E-state index contributed by atoms with van der Waals surface area (Å²) in [5.74, 6) is 0.